The molecule has 0 bridgehead atoms. The number of amides is 2. The van der Waals surface area contributed by atoms with E-state index in [4.69, 9.17) is 9.47 Å². The highest BCUT2D eigenvalue weighted by Gasteiger charge is 2.29. The molecule has 27 heavy (non-hydrogen) atoms. The molecule has 0 unspecified atom stereocenters. The van der Waals surface area contributed by atoms with Crippen molar-refractivity contribution >= 4 is 17.9 Å². The normalized spacial score (nSPS) is 15.7. The van der Waals surface area contributed by atoms with Crippen molar-refractivity contribution in [1.29, 1.82) is 0 Å². The highest BCUT2D eigenvalue weighted by atomic mass is 16.5. The average Bonchev–Trinajstić information content (AvgIpc) is 2.68. The van der Waals surface area contributed by atoms with Crippen LogP contribution >= 0.6 is 0 Å². The molecule has 140 valence electrons. The van der Waals surface area contributed by atoms with Gasteiger partial charge in [-0.3, -0.25) is 9.59 Å². The molecule has 1 fully saturated rings. The van der Waals surface area contributed by atoms with Gasteiger partial charge in [-0.2, -0.15) is 0 Å². The van der Waals surface area contributed by atoms with E-state index in [9.17, 15) is 9.59 Å². The number of nitrogens with zero attached hydrogens (tertiary/aromatic N) is 1. The van der Waals surface area contributed by atoms with Gasteiger partial charge in [0.25, 0.3) is 5.91 Å². The summed E-state index contributed by atoms with van der Waals surface area (Å²) in [5.41, 5.74) is 3.02. The van der Waals surface area contributed by atoms with Gasteiger partial charge in [-0.1, -0.05) is 18.2 Å². The van der Waals surface area contributed by atoms with Gasteiger partial charge in [0.1, 0.15) is 17.2 Å². The Morgan fingerprint density at radius 3 is 2.44 bits per heavy atom. The monoisotopic (exact) mass is 366 g/mol. The van der Waals surface area contributed by atoms with Gasteiger partial charge >= 0.3 is 0 Å². The van der Waals surface area contributed by atoms with Crippen LogP contribution in [0, 0.1) is 6.92 Å². The molecule has 6 nitrogen and oxygen atoms in total. The number of hydrogen-bond acceptors (Lipinski definition) is 4. The maximum atomic E-state index is 12.5. The summed E-state index contributed by atoms with van der Waals surface area (Å²) in [5, 5.41) is 2.63. The van der Waals surface area contributed by atoms with Crippen LogP contribution in [0.1, 0.15) is 16.7 Å². The van der Waals surface area contributed by atoms with Crippen molar-refractivity contribution in [2.24, 2.45) is 0 Å². The highest BCUT2D eigenvalue weighted by Crippen LogP contribution is 2.23. The molecular formula is C21H22N2O4. The first-order valence-electron chi connectivity index (χ1n) is 8.59. The zero-order chi connectivity index (χ0) is 19.4. The van der Waals surface area contributed by atoms with Crippen molar-refractivity contribution in [1.82, 2.24) is 10.2 Å². The Kier molecular flexibility index (Phi) is 5.45. The lowest BCUT2D eigenvalue weighted by Crippen LogP contribution is -2.49. The molecule has 3 rings (SSSR count). The third kappa shape index (κ3) is 4.11. The molecule has 2 aromatic rings. The fourth-order valence-electron chi connectivity index (χ4n) is 2.98. The minimum absolute atomic E-state index is 0.00598. The van der Waals surface area contributed by atoms with Crippen molar-refractivity contribution in [2.45, 2.75) is 13.5 Å². The van der Waals surface area contributed by atoms with E-state index in [1.54, 1.807) is 20.3 Å². The van der Waals surface area contributed by atoms with Crippen LogP contribution in [0.5, 0.6) is 11.5 Å². The van der Waals surface area contributed by atoms with Crippen LogP contribution in [0.25, 0.3) is 6.08 Å². The van der Waals surface area contributed by atoms with Gasteiger partial charge in [0, 0.05) is 0 Å². The van der Waals surface area contributed by atoms with Gasteiger partial charge in [-0.15, -0.1) is 0 Å². The van der Waals surface area contributed by atoms with Gasteiger partial charge in [0.2, 0.25) is 5.91 Å². The number of rotatable bonds is 5. The standard InChI is InChI=1S/C21H22N2O4/c1-14-10-16(6-9-19(14)27-3)11-18-21(25)22-12-20(24)23(18)13-15-4-7-17(26-2)8-5-15/h4-11H,12-13H2,1-3H3,(H,22,25)/b18-11-. The molecule has 2 amide bonds. The maximum absolute atomic E-state index is 12.5. The Bertz CT molecular complexity index is 888. The van der Waals surface area contributed by atoms with Crippen LogP contribution in [-0.4, -0.2) is 37.5 Å². The summed E-state index contributed by atoms with van der Waals surface area (Å²) in [6.07, 6.45) is 1.72. The van der Waals surface area contributed by atoms with Crippen LogP contribution in [0.2, 0.25) is 0 Å². The summed E-state index contributed by atoms with van der Waals surface area (Å²) >= 11 is 0. The Labute approximate surface area is 158 Å². The second kappa shape index (κ2) is 7.95. The number of carbonyl (C=O) groups excluding carboxylic acids is 2. The third-order valence-electron chi connectivity index (χ3n) is 4.45. The molecule has 0 spiro atoms. The summed E-state index contributed by atoms with van der Waals surface area (Å²) in [7, 11) is 3.22. The molecule has 0 radical (unpaired) electrons. The van der Waals surface area contributed by atoms with E-state index in [2.05, 4.69) is 5.32 Å². The van der Waals surface area contributed by atoms with Crippen LogP contribution in [0.3, 0.4) is 0 Å². The molecule has 1 heterocycles. The molecule has 2 aromatic carbocycles. The minimum atomic E-state index is -0.267. The quantitative estimate of drug-likeness (QED) is 0.826. The summed E-state index contributed by atoms with van der Waals surface area (Å²) in [6, 6.07) is 13.1. The van der Waals surface area contributed by atoms with Crippen molar-refractivity contribution < 1.29 is 19.1 Å². The molecule has 0 aliphatic carbocycles. The van der Waals surface area contributed by atoms with E-state index < -0.39 is 0 Å². The summed E-state index contributed by atoms with van der Waals surface area (Å²) in [5.74, 6) is 1.10. The predicted molar refractivity (Wildman–Crippen MR) is 102 cm³/mol. The first kappa shape index (κ1) is 18.5. The fourth-order valence-corrected chi connectivity index (χ4v) is 2.98. The van der Waals surface area contributed by atoms with Gasteiger partial charge in [-0.25, -0.2) is 0 Å². The second-order valence-corrected chi connectivity index (χ2v) is 6.27. The summed E-state index contributed by atoms with van der Waals surface area (Å²) in [6.45, 7) is 2.24. The number of hydrogen-bond donors (Lipinski definition) is 1. The topological polar surface area (TPSA) is 67.9 Å². The molecule has 0 atom stereocenters. The van der Waals surface area contributed by atoms with Crippen LogP contribution < -0.4 is 14.8 Å². The molecule has 0 saturated carbocycles. The fraction of sp³-hybridized carbons (Fsp3) is 0.238. The van der Waals surface area contributed by atoms with Crippen molar-refractivity contribution in [3.63, 3.8) is 0 Å². The second-order valence-electron chi connectivity index (χ2n) is 6.27. The lowest BCUT2D eigenvalue weighted by atomic mass is 10.1. The zero-order valence-corrected chi connectivity index (χ0v) is 15.6. The van der Waals surface area contributed by atoms with E-state index in [1.165, 1.54) is 4.90 Å². The number of nitrogens with one attached hydrogen (secondary N) is 1. The number of methoxy groups -OCH3 is 2. The van der Waals surface area contributed by atoms with Crippen molar-refractivity contribution in [2.75, 3.05) is 20.8 Å². The third-order valence-corrected chi connectivity index (χ3v) is 4.45. The number of carbonyl (C=O) groups is 2. The predicted octanol–water partition coefficient (Wildman–Crippen LogP) is 2.51. The molecule has 1 aliphatic rings. The minimum Gasteiger partial charge on any atom is -0.497 e. The largest absolute Gasteiger partial charge is 0.497 e. The molecule has 1 saturated heterocycles. The highest BCUT2D eigenvalue weighted by molar-refractivity contribution is 6.06. The first-order chi connectivity index (χ1) is 13.0. The Hall–Kier alpha value is -3.28. The molecule has 1 aliphatic heterocycles. The number of ether oxygens (including phenoxy) is 2. The van der Waals surface area contributed by atoms with Gasteiger partial charge in [0.05, 0.1) is 27.3 Å². The number of benzene rings is 2. The van der Waals surface area contributed by atoms with E-state index in [0.717, 1.165) is 28.2 Å². The molecular weight excluding hydrogens is 344 g/mol. The number of piperazine rings is 1. The Morgan fingerprint density at radius 2 is 1.81 bits per heavy atom. The number of aryl methyl sites for hydroxylation is 1. The smallest absolute Gasteiger partial charge is 0.268 e. The zero-order valence-electron chi connectivity index (χ0n) is 15.6. The molecule has 1 N–H and O–H groups in total. The lowest BCUT2D eigenvalue weighted by molar-refractivity contribution is -0.136. The summed E-state index contributed by atoms with van der Waals surface area (Å²) in [4.78, 5) is 26.4. The van der Waals surface area contributed by atoms with Crippen molar-refractivity contribution in [3.05, 3.63) is 64.9 Å². The molecule has 6 heteroatoms. The lowest BCUT2D eigenvalue weighted by Gasteiger charge is -2.29. The van der Waals surface area contributed by atoms with E-state index >= 15 is 0 Å². The van der Waals surface area contributed by atoms with Gasteiger partial charge < -0.3 is 19.7 Å². The van der Waals surface area contributed by atoms with Crippen molar-refractivity contribution in [3.8, 4) is 11.5 Å². The van der Waals surface area contributed by atoms with E-state index in [1.807, 2.05) is 49.4 Å². The average molecular weight is 366 g/mol. The van der Waals surface area contributed by atoms with Crippen LogP contribution in [-0.2, 0) is 16.1 Å². The Morgan fingerprint density at radius 1 is 1.07 bits per heavy atom. The van der Waals surface area contributed by atoms with Gasteiger partial charge in [0.15, 0.2) is 0 Å². The SMILES string of the molecule is COc1ccc(CN2C(=O)CNC(=O)/C2=C/c2ccc(OC)c(C)c2)cc1. The van der Waals surface area contributed by atoms with E-state index in [-0.39, 0.29) is 18.4 Å². The first-order valence-corrected chi connectivity index (χ1v) is 8.59. The van der Waals surface area contributed by atoms with Crippen LogP contribution in [0.4, 0.5) is 0 Å². The van der Waals surface area contributed by atoms with Gasteiger partial charge in [-0.05, 0) is 54.0 Å². The Balaban J connectivity index is 1.92. The maximum Gasteiger partial charge on any atom is 0.268 e. The molecule has 0 aromatic heterocycles. The van der Waals surface area contributed by atoms with Crippen LogP contribution in [0.15, 0.2) is 48.2 Å². The van der Waals surface area contributed by atoms with E-state index in [0.29, 0.717) is 12.2 Å². The summed E-state index contributed by atoms with van der Waals surface area (Å²) < 4.78 is 10.4.